The summed E-state index contributed by atoms with van der Waals surface area (Å²) in [7, 11) is 1.28. The minimum atomic E-state index is -0.613. The van der Waals surface area contributed by atoms with Gasteiger partial charge in [0.1, 0.15) is 28.2 Å². The van der Waals surface area contributed by atoms with Gasteiger partial charge in [0.2, 0.25) is 0 Å². The van der Waals surface area contributed by atoms with E-state index < -0.39 is 11.9 Å². The van der Waals surface area contributed by atoms with Gasteiger partial charge in [-0.15, -0.1) is 11.3 Å². The van der Waals surface area contributed by atoms with Crippen molar-refractivity contribution in [3.8, 4) is 6.07 Å². The number of furan rings is 1. The van der Waals surface area contributed by atoms with Crippen LogP contribution in [0.2, 0.25) is 0 Å². The number of carbonyl (C=O) groups is 2. The molecule has 0 unspecified atom stereocenters. The molecule has 0 aromatic carbocycles. The Labute approximate surface area is 143 Å². The number of hydrogen-bond donors (Lipinski definition) is 1. The van der Waals surface area contributed by atoms with Gasteiger partial charge in [0.05, 0.1) is 12.7 Å². The maximum absolute atomic E-state index is 12.3. The Morgan fingerprint density at radius 1 is 1.33 bits per heavy atom. The molecule has 2 heterocycles. The van der Waals surface area contributed by atoms with Gasteiger partial charge in [-0.1, -0.05) is 0 Å². The van der Waals surface area contributed by atoms with E-state index in [0.29, 0.717) is 22.1 Å². The SMILES string of the molecule is COC(=O)c1c(NC(=O)/C(C#N)=C/c2ccc(C)o2)sc(C)c1C. The van der Waals surface area contributed by atoms with E-state index in [1.165, 1.54) is 24.5 Å². The van der Waals surface area contributed by atoms with Gasteiger partial charge in [-0.2, -0.15) is 5.26 Å². The van der Waals surface area contributed by atoms with Crippen molar-refractivity contribution in [3.63, 3.8) is 0 Å². The highest BCUT2D eigenvalue weighted by atomic mass is 32.1. The van der Waals surface area contributed by atoms with Crippen molar-refractivity contribution in [1.29, 1.82) is 5.26 Å². The molecule has 0 aliphatic carbocycles. The summed E-state index contributed by atoms with van der Waals surface area (Å²) in [4.78, 5) is 25.2. The molecule has 2 aromatic heterocycles. The van der Waals surface area contributed by atoms with Crippen LogP contribution in [0, 0.1) is 32.1 Å². The first kappa shape index (κ1) is 17.5. The number of nitrogens with one attached hydrogen (secondary N) is 1. The van der Waals surface area contributed by atoms with Gasteiger partial charge in [-0.3, -0.25) is 4.79 Å². The van der Waals surface area contributed by atoms with Crippen LogP contribution in [-0.4, -0.2) is 19.0 Å². The number of rotatable bonds is 4. The minimum absolute atomic E-state index is 0.121. The highest BCUT2D eigenvalue weighted by Gasteiger charge is 2.22. The molecule has 7 heteroatoms. The Morgan fingerprint density at radius 2 is 2.04 bits per heavy atom. The number of ether oxygens (including phenoxy) is 1. The van der Waals surface area contributed by atoms with Crippen molar-refractivity contribution in [2.75, 3.05) is 12.4 Å². The fourth-order valence-corrected chi connectivity index (χ4v) is 3.10. The molecule has 2 rings (SSSR count). The van der Waals surface area contributed by atoms with Crippen LogP contribution in [0.5, 0.6) is 0 Å². The number of methoxy groups -OCH3 is 1. The van der Waals surface area contributed by atoms with Gasteiger partial charge in [-0.25, -0.2) is 4.79 Å². The quantitative estimate of drug-likeness (QED) is 0.520. The molecule has 1 amide bonds. The van der Waals surface area contributed by atoms with Gasteiger partial charge in [0.15, 0.2) is 0 Å². The first-order valence-electron chi connectivity index (χ1n) is 7.05. The molecule has 124 valence electrons. The second-order valence-corrected chi connectivity index (χ2v) is 6.28. The van der Waals surface area contributed by atoms with Crippen LogP contribution >= 0.6 is 11.3 Å². The summed E-state index contributed by atoms with van der Waals surface area (Å²) in [6.45, 7) is 5.39. The molecule has 24 heavy (non-hydrogen) atoms. The van der Waals surface area contributed by atoms with Gasteiger partial charge >= 0.3 is 5.97 Å². The summed E-state index contributed by atoms with van der Waals surface area (Å²) < 4.78 is 10.1. The van der Waals surface area contributed by atoms with Crippen molar-refractivity contribution < 1.29 is 18.7 Å². The second kappa shape index (κ2) is 7.15. The number of nitrogens with zero attached hydrogens (tertiary/aromatic N) is 1. The molecule has 0 saturated carbocycles. The van der Waals surface area contributed by atoms with Crippen molar-refractivity contribution in [2.24, 2.45) is 0 Å². The predicted molar refractivity (Wildman–Crippen MR) is 90.8 cm³/mol. The number of amides is 1. The monoisotopic (exact) mass is 344 g/mol. The van der Waals surface area contributed by atoms with Crippen LogP contribution in [0.15, 0.2) is 22.1 Å². The summed E-state index contributed by atoms with van der Waals surface area (Å²) in [5.74, 6) is -0.0587. The Balaban J connectivity index is 2.32. The van der Waals surface area contributed by atoms with Crippen LogP contribution in [-0.2, 0) is 9.53 Å². The lowest BCUT2D eigenvalue weighted by atomic mass is 10.1. The van der Waals surface area contributed by atoms with E-state index >= 15 is 0 Å². The molecular weight excluding hydrogens is 328 g/mol. The zero-order valence-electron chi connectivity index (χ0n) is 13.7. The van der Waals surface area contributed by atoms with E-state index in [2.05, 4.69) is 5.32 Å². The number of nitriles is 1. The van der Waals surface area contributed by atoms with Gasteiger partial charge in [-0.05, 0) is 38.5 Å². The third-order valence-corrected chi connectivity index (χ3v) is 4.54. The molecule has 0 saturated heterocycles. The summed E-state index contributed by atoms with van der Waals surface area (Å²) in [6.07, 6.45) is 1.35. The van der Waals surface area contributed by atoms with Crippen molar-refractivity contribution in [2.45, 2.75) is 20.8 Å². The zero-order chi connectivity index (χ0) is 17.9. The van der Waals surface area contributed by atoms with Crippen LogP contribution in [0.3, 0.4) is 0 Å². The van der Waals surface area contributed by atoms with Crippen molar-refractivity contribution >= 4 is 34.3 Å². The highest BCUT2D eigenvalue weighted by molar-refractivity contribution is 7.16. The third kappa shape index (κ3) is 3.55. The highest BCUT2D eigenvalue weighted by Crippen LogP contribution is 2.33. The fourth-order valence-electron chi connectivity index (χ4n) is 2.06. The lowest BCUT2D eigenvalue weighted by Gasteiger charge is -2.05. The molecule has 0 atom stereocenters. The maximum atomic E-state index is 12.3. The molecule has 2 aromatic rings. The number of carbonyl (C=O) groups excluding carboxylic acids is 2. The number of aryl methyl sites for hydroxylation is 2. The largest absolute Gasteiger partial charge is 0.465 e. The predicted octanol–water partition coefficient (Wildman–Crippen LogP) is 3.60. The van der Waals surface area contributed by atoms with Crippen LogP contribution in [0.4, 0.5) is 5.00 Å². The van der Waals surface area contributed by atoms with Crippen LogP contribution in [0.25, 0.3) is 6.08 Å². The number of anilines is 1. The minimum Gasteiger partial charge on any atom is -0.465 e. The Bertz CT molecular complexity index is 868. The molecular formula is C17H16N2O4S. The van der Waals surface area contributed by atoms with E-state index in [1.807, 2.05) is 13.0 Å². The summed E-state index contributed by atoms with van der Waals surface area (Å²) in [6, 6.07) is 5.24. The first-order valence-corrected chi connectivity index (χ1v) is 7.87. The van der Waals surface area contributed by atoms with Gasteiger partial charge < -0.3 is 14.5 Å². The van der Waals surface area contributed by atoms with Gasteiger partial charge in [0, 0.05) is 11.0 Å². The van der Waals surface area contributed by atoms with E-state index in [4.69, 9.17) is 9.15 Å². The first-order chi connectivity index (χ1) is 11.4. The normalized spacial score (nSPS) is 11.0. The number of thiophene rings is 1. The number of hydrogen-bond acceptors (Lipinski definition) is 6. The average molecular weight is 344 g/mol. The summed E-state index contributed by atoms with van der Waals surface area (Å²) >= 11 is 1.26. The second-order valence-electron chi connectivity index (χ2n) is 5.05. The zero-order valence-corrected chi connectivity index (χ0v) is 14.5. The summed E-state index contributed by atoms with van der Waals surface area (Å²) in [5, 5.41) is 12.2. The van der Waals surface area contributed by atoms with E-state index in [-0.39, 0.29) is 5.57 Å². The lowest BCUT2D eigenvalue weighted by Crippen LogP contribution is -2.15. The molecule has 6 nitrogen and oxygen atoms in total. The molecule has 0 fully saturated rings. The Hall–Kier alpha value is -2.85. The Morgan fingerprint density at radius 3 is 2.58 bits per heavy atom. The topological polar surface area (TPSA) is 92.3 Å². The van der Waals surface area contributed by atoms with Gasteiger partial charge in [0.25, 0.3) is 5.91 Å². The summed E-state index contributed by atoms with van der Waals surface area (Å²) in [5.41, 5.74) is 0.926. The average Bonchev–Trinajstić information content (AvgIpc) is 3.08. The molecule has 0 aliphatic rings. The van der Waals surface area contributed by atoms with Crippen molar-refractivity contribution in [1.82, 2.24) is 0 Å². The fraction of sp³-hybridized carbons (Fsp3) is 0.235. The van der Waals surface area contributed by atoms with Crippen molar-refractivity contribution in [3.05, 3.63) is 45.2 Å². The number of esters is 1. The molecule has 0 aliphatic heterocycles. The van der Waals surface area contributed by atoms with Crippen LogP contribution < -0.4 is 5.32 Å². The molecule has 0 radical (unpaired) electrons. The van der Waals surface area contributed by atoms with E-state index in [9.17, 15) is 14.9 Å². The van der Waals surface area contributed by atoms with Crippen LogP contribution in [0.1, 0.15) is 32.3 Å². The molecule has 0 spiro atoms. The van der Waals surface area contributed by atoms with E-state index in [1.54, 1.807) is 26.0 Å². The molecule has 0 bridgehead atoms. The molecule has 1 N–H and O–H groups in total. The standard InChI is InChI=1S/C17H16N2O4S/c1-9-5-6-13(23-9)7-12(8-18)15(20)19-16-14(17(21)22-4)10(2)11(3)24-16/h5-7H,1-4H3,(H,19,20)/b12-7+. The lowest BCUT2D eigenvalue weighted by molar-refractivity contribution is -0.112. The third-order valence-electron chi connectivity index (χ3n) is 3.41. The smallest absolute Gasteiger partial charge is 0.341 e. The van der Waals surface area contributed by atoms with E-state index in [0.717, 1.165) is 10.4 Å². The Kier molecular flexibility index (Phi) is 5.21. The maximum Gasteiger partial charge on any atom is 0.341 e.